The highest BCUT2D eigenvalue weighted by Gasteiger charge is 1.90. The zero-order valence-electron chi connectivity index (χ0n) is 4.59. The Labute approximate surface area is 50.1 Å². The second-order valence-electron chi connectivity index (χ2n) is 1.71. The molecule has 0 heterocycles. The molecular formula is C5H12OS. The molecule has 0 amide bonds. The summed E-state index contributed by atoms with van der Waals surface area (Å²) < 4.78 is 0. The average molecular weight is 120 g/mol. The van der Waals surface area contributed by atoms with Crippen molar-refractivity contribution < 1.29 is 5.11 Å². The molecule has 1 atom stereocenters. The van der Waals surface area contributed by atoms with Gasteiger partial charge in [0.25, 0.3) is 0 Å². The third kappa shape index (κ3) is 6.31. The number of rotatable bonds is 3. The van der Waals surface area contributed by atoms with Crippen molar-refractivity contribution in [1.29, 1.82) is 0 Å². The summed E-state index contributed by atoms with van der Waals surface area (Å²) in [5.41, 5.74) is 0. The maximum Gasteiger partial charge on any atom is 0.0512 e. The molecule has 0 saturated heterocycles. The zero-order chi connectivity index (χ0) is 5.70. The largest absolute Gasteiger partial charge is 0.393 e. The van der Waals surface area contributed by atoms with Gasteiger partial charge in [0.1, 0.15) is 0 Å². The maximum absolute atomic E-state index is 8.65. The Hall–Kier alpha value is 0.310. The van der Waals surface area contributed by atoms with Crippen LogP contribution in [-0.2, 0) is 0 Å². The standard InChI is InChI=1S/C5H12OS/c1-5(6)3-2-4-7/h5-7H,2-4H2,1H3/t5-/m1/s1. The highest BCUT2D eigenvalue weighted by molar-refractivity contribution is 7.80. The number of hydrogen-bond acceptors (Lipinski definition) is 2. The third-order valence-electron chi connectivity index (χ3n) is 0.780. The van der Waals surface area contributed by atoms with E-state index in [1.807, 2.05) is 0 Å². The third-order valence-corrected chi connectivity index (χ3v) is 1.10. The monoisotopic (exact) mass is 120 g/mol. The van der Waals surface area contributed by atoms with Crippen LogP contribution in [0.4, 0.5) is 0 Å². The van der Waals surface area contributed by atoms with Crippen LogP contribution in [0, 0.1) is 0 Å². The van der Waals surface area contributed by atoms with Crippen molar-refractivity contribution in [3.63, 3.8) is 0 Å². The second kappa shape index (κ2) is 4.47. The molecule has 7 heavy (non-hydrogen) atoms. The molecule has 2 heteroatoms. The molecule has 0 aliphatic rings. The molecule has 0 radical (unpaired) electrons. The summed E-state index contributed by atoms with van der Waals surface area (Å²) in [7, 11) is 0. The van der Waals surface area contributed by atoms with Gasteiger partial charge in [0.15, 0.2) is 0 Å². The minimum Gasteiger partial charge on any atom is -0.393 e. The van der Waals surface area contributed by atoms with Crippen LogP contribution < -0.4 is 0 Å². The Morgan fingerprint density at radius 1 is 1.71 bits per heavy atom. The topological polar surface area (TPSA) is 20.2 Å². The van der Waals surface area contributed by atoms with Crippen molar-refractivity contribution in [2.45, 2.75) is 25.9 Å². The summed E-state index contributed by atoms with van der Waals surface area (Å²) >= 11 is 3.98. The summed E-state index contributed by atoms with van der Waals surface area (Å²) in [6, 6.07) is 0. The van der Waals surface area contributed by atoms with E-state index in [9.17, 15) is 0 Å². The Morgan fingerprint density at radius 2 is 2.29 bits per heavy atom. The van der Waals surface area contributed by atoms with E-state index in [0.717, 1.165) is 18.6 Å². The van der Waals surface area contributed by atoms with Gasteiger partial charge in [-0.15, -0.1) is 0 Å². The van der Waals surface area contributed by atoms with Gasteiger partial charge in [-0.1, -0.05) is 0 Å². The molecular weight excluding hydrogens is 108 g/mol. The van der Waals surface area contributed by atoms with Crippen molar-refractivity contribution in [3.05, 3.63) is 0 Å². The summed E-state index contributed by atoms with van der Waals surface area (Å²) in [5, 5.41) is 8.65. The van der Waals surface area contributed by atoms with Crippen molar-refractivity contribution in [2.75, 3.05) is 5.75 Å². The van der Waals surface area contributed by atoms with Gasteiger partial charge in [0, 0.05) is 0 Å². The van der Waals surface area contributed by atoms with Crippen LogP contribution in [0.1, 0.15) is 19.8 Å². The van der Waals surface area contributed by atoms with Crippen LogP contribution >= 0.6 is 12.6 Å². The Morgan fingerprint density at radius 3 is 2.43 bits per heavy atom. The number of aliphatic hydroxyl groups is 1. The normalized spacial score (nSPS) is 14.1. The fraction of sp³-hybridized carbons (Fsp3) is 1.00. The van der Waals surface area contributed by atoms with Crippen LogP contribution in [0.5, 0.6) is 0 Å². The van der Waals surface area contributed by atoms with E-state index in [2.05, 4.69) is 12.6 Å². The first-order valence-electron chi connectivity index (χ1n) is 2.56. The predicted molar refractivity (Wildman–Crippen MR) is 34.8 cm³/mol. The lowest BCUT2D eigenvalue weighted by Crippen LogP contribution is -1.98. The highest BCUT2D eigenvalue weighted by Crippen LogP contribution is 1.95. The fourth-order valence-electron chi connectivity index (χ4n) is 0.387. The quantitative estimate of drug-likeness (QED) is 0.534. The SMILES string of the molecule is C[C@@H](O)CCCS. The maximum atomic E-state index is 8.65. The van der Waals surface area contributed by atoms with E-state index in [1.165, 1.54) is 0 Å². The van der Waals surface area contributed by atoms with Crippen LogP contribution in [0.2, 0.25) is 0 Å². The number of aliphatic hydroxyl groups excluding tert-OH is 1. The van der Waals surface area contributed by atoms with Crippen molar-refractivity contribution >= 4 is 12.6 Å². The Bertz CT molecular complexity index is 37.1. The van der Waals surface area contributed by atoms with E-state index in [0.29, 0.717) is 0 Å². The Kier molecular flexibility index (Phi) is 4.67. The Balaban J connectivity index is 2.68. The molecule has 0 aliphatic heterocycles. The molecule has 0 aromatic heterocycles. The molecule has 0 aromatic rings. The first-order valence-corrected chi connectivity index (χ1v) is 3.19. The van der Waals surface area contributed by atoms with Gasteiger partial charge in [-0.3, -0.25) is 0 Å². The molecule has 44 valence electrons. The second-order valence-corrected chi connectivity index (χ2v) is 2.16. The molecule has 1 N–H and O–H groups in total. The molecule has 0 rings (SSSR count). The minimum absolute atomic E-state index is 0.146. The van der Waals surface area contributed by atoms with Crippen LogP contribution in [0.25, 0.3) is 0 Å². The molecule has 0 spiro atoms. The fourth-order valence-corrected chi connectivity index (χ4v) is 0.569. The van der Waals surface area contributed by atoms with Crippen LogP contribution in [0.3, 0.4) is 0 Å². The summed E-state index contributed by atoms with van der Waals surface area (Å²) in [5.74, 6) is 0.880. The van der Waals surface area contributed by atoms with Gasteiger partial charge < -0.3 is 5.11 Å². The lowest BCUT2D eigenvalue weighted by Gasteiger charge is -1.98. The summed E-state index contributed by atoms with van der Waals surface area (Å²) in [6.45, 7) is 1.80. The smallest absolute Gasteiger partial charge is 0.0512 e. The van der Waals surface area contributed by atoms with E-state index < -0.39 is 0 Å². The zero-order valence-corrected chi connectivity index (χ0v) is 5.49. The van der Waals surface area contributed by atoms with Gasteiger partial charge in [-0.05, 0) is 25.5 Å². The first-order chi connectivity index (χ1) is 3.27. The number of thiol groups is 1. The summed E-state index contributed by atoms with van der Waals surface area (Å²) in [6.07, 6.45) is 1.75. The highest BCUT2D eigenvalue weighted by atomic mass is 32.1. The molecule has 0 saturated carbocycles. The molecule has 0 bridgehead atoms. The lowest BCUT2D eigenvalue weighted by molar-refractivity contribution is 0.184. The minimum atomic E-state index is -0.146. The molecule has 0 unspecified atom stereocenters. The van der Waals surface area contributed by atoms with Crippen molar-refractivity contribution in [2.24, 2.45) is 0 Å². The number of hydrogen-bond donors (Lipinski definition) is 2. The van der Waals surface area contributed by atoms with Gasteiger partial charge in [0.2, 0.25) is 0 Å². The van der Waals surface area contributed by atoms with E-state index in [-0.39, 0.29) is 6.10 Å². The van der Waals surface area contributed by atoms with Gasteiger partial charge in [0.05, 0.1) is 6.10 Å². The molecule has 1 nitrogen and oxygen atoms in total. The first kappa shape index (κ1) is 7.31. The van der Waals surface area contributed by atoms with Crippen LogP contribution in [-0.4, -0.2) is 17.0 Å². The van der Waals surface area contributed by atoms with E-state index in [1.54, 1.807) is 6.92 Å². The predicted octanol–water partition coefficient (Wildman–Crippen LogP) is 1.08. The summed E-state index contributed by atoms with van der Waals surface area (Å²) in [4.78, 5) is 0. The van der Waals surface area contributed by atoms with Crippen molar-refractivity contribution in [3.8, 4) is 0 Å². The molecule has 0 fully saturated rings. The molecule has 0 aromatic carbocycles. The van der Waals surface area contributed by atoms with Gasteiger partial charge >= 0.3 is 0 Å². The van der Waals surface area contributed by atoms with E-state index in [4.69, 9.17) is 5.11 Å². The van der Waals surface area contributed by atoms with E-state index >= 15 is 0 Å². The lowest BCUT2D eigenvalue weighted by atomic mass is 10.2. The van der Waals surface area contributed by atoms with Crippen molar-refractivity contribution in [1.82, 2.24) is 0 Å². The van der Waals surface area contributed by atoms with Gasteiger partial charge in [-0.25, -0.2) is 0 Å². The molecule has 0 aliphatic carbocycles. The van der Waals surface area contributed by atoms with Gasteiger partial charge in [-0.2, -0.15) is 12.6 Å². The average Bonchev–Trinajstić information content (AvgIpc) is 1.61. The van der Waals surface area contributed by atoms with Crippen LogP contribution in [0.15, 0.2) is 0 Å².